The largest absolute Gasteiger partial charge is 0.354 e. The van der Waals surface area contributed by atoms with E-state index < -0.39 is 0 Å². The molecule has 104 valence electrons. The second-order valence-electron chi connectivity index (χ2n) is 4.54. The van der Waals surface area contributed by atoms with E-state index in [1.165, 1.54) is 0 Å². The van der Waals surface area contributed by atoms with Gasteiger partial charge >= 0.3 is 0 Å². The number of hydrogen-bond acceptors (Lipinski definition) is 3. The van der Waals surface area contributed by atoms with Crippen LogP contribution in [0.1, 0.15) is 10.5 Å². The highest BCUT2D eigenvalue weighted by Gasteiger charge is 2.07. The molecule has 2 heterocycles. The number of benzene rings is 1. The maximum Gasteiger partial charge on any atom is 0.269 e. The highest BCUT2D eigenvalue weighted by atomic mass is 35.5. The van der Waals surface area contributed by atoms with E-state index in [0.717, 1.165) is 22.0 Å². The fourth-order valence-corrected chi connectivity index (χ4v) is 2.33. The molecule has 1 amide bonds. The molecule has 0 unspecified atom stereocenters. The number of halogens is 1. The molecule has 0 fully saturated rings. The highest BCUT2D eigenvalue weighted by Crippen LogP contribution is 2.26. The lowest BCUT2D eigenvalue weighted by Gasteiger charge is -2.05. The van der Waals surface area contributed by atoms with E-state index in [-0.39, 0.29) is 5.91 Å². The van der Waals surface area contributed by atoms with Gasteiger partial charge in [0.25, 0.3) is 5.91 Å². The first-order valence-corrected chi connectivity index (χ1v) is 6.79. The van der Waals surface area contributed by atoms with Gasteiger partial charge in [0.2, 0.25) is 0 Å². The molecule has 2 aromatic heterocycles. The molecule has 3 rings (SSSR count). The van der Waals surface area contributed by atoms with Gasteiger partial charge in [-0.05, 0) is 29.7 Å². The summed E-state index contributed by atoms with van der Waals surface area (Å²) in [5, 5.41) is 5.15. The molecule has 3 aromatic rings. The number of carbonyl (C=O) groups is 1. The number of rotatable bonds is 2. The average molecular weight is 298 g/mol. The summed E-state index contributed by atoms with van der Waals surface area (Å²) in [7, 11) is 1.58. The van der Waals surface area contributed by atoms with Crippen molar-refractivity contribution < 1.29 is 4.79 Å². The molecule has 1 N–H and O–H groups in total. The fraction of sp³-hybridized carbons (Fsp3) is 0.0625. The lowest BCUT2D eigenvalue weighted by molar-refractivity contribution is 0.0958. The predicted octanol–water partition coefficient (Wildman–Crippen LogP) is 3.31. The van der Waals surface area contributed by atoms with E-state index in [4.69, 9.17) is 11.6 Å². The Morgan fingerprint density at radius 3 is 2.71 bits per heavy atom. The zero-order chi connectivity index (χ0) is 14.8. The first kappa shape index (κ1) is 13.5. The first-order chi connectivity index (χ1) is 10.2. The van der Waals surface area contributed by atoms with Crippen molar-refractivity contribution in [3.63, 3.8) is 0 Å². The second kappa shape index (κ2) is 5.50. The molecular weight excluding hydrogens is 286 g/mol. The number of fused-ring (bicyclic) bond motifs is 1. The third kappa shape index (κ3) is 2.58. The summed E-state index contributed by atoms with van der Waals surface area (Å²) < 4.78 is 0. The summed E-state index contributed by atoms with van der Waals surface area (Å²) in [5.74, 6) is -0.209. The minimum atomic E-state index is -0.209. The fourth-order valence-electron chi connectivity index (χ4n) is 2.10. The molecular formula is C16H12ClN3O. The molecule has 0 aliphatic carbocycles. The van der Waals surface area contributed by atoms with Gasteiger partial charge in [0.1, 0.15) is 5.69 Å². The van der Waals surface area contributed by atoms with Gasteiger partial charge in [-0.2, -0.15) is 0 Å². The van der Waals surface area contributed by atoms with E-state index in [2.05, 4.69) is 15.3 Å². The quantitative estimate of drug-likeness (QED) is 0.789. The van der Waals surface area contributed by atoms with Crippen molar-refractivity contribution in [2.75, 3.05) is 7.05 Å². The van der Waals surface area contributed by atoms with Gasteiger partial charge in [0.15, 0.2) is 0 Å². The van der Waals surface area contributed by atoms with E-state index in [1.807, 2.05) is 30.3 Å². The maximum absolute atomic E-state index is 11.5. The van der Waals surface area contributed by atoms with Crippen LogP contribution in [0.25, 0.3) is 22.0 Å². The second-order valence-corrected chi connectivity index (χ2v) is 4.95. The zero-order valence-corrected chi connectivity index (χ0v) is 12.1. The summed E-state index contributed by atoms with van der Waals surface area (Å²) in [6.07, 6.45) is 3.39. The van der Waals surface area contributed by atoms with Crippen LogP contribution in [0.3, 0.4) is 0 Å². The van der Waals surface area contributed by atoms with Crippen LogP contribution in [0.15, 0.2) is 48.8 Å². The predicted molar refractivity (Wildman–Crippen MR) is 83.4 cm³/mol. The number of aromatic nitrogens is 2. The molecule has 0 radical (unpaired) electrons. The third-order valence-electron chi connectivity index (χ3n) is 3.23. The molecule has 5 heteroatoms. The lowest BCUT2D eigenvalue weighted by atomic mass is 10.1. The molecule has 0 aliphatic heterocycles. The number of hydrogen-bond donors (Lipinski definition) is 1. The molecule has 0 saturated heterocycles. The number of carbonyl (C=O) groups excluding carboxylic acids is 1. The first-order valence-electron chi connectivity index (χ1n) is 6.42. The van der Waals surface area contributed by atoms with E-state index >= 15 is 0 Å². The maximum atomic E-state index is 11.5. The highest BCUT2D eigenvalue weighted by molar-refractivity contribution is 6.35. The van der Waals surface area contributed by atoms with Crippen LogP contribution in [0.4, 0.5) is 0 Å². The SMILES string of the molecule is CNC(=O)c1ccc(-c2cc3cccc(Cl)c3cn2)cn1. The van der Waals surface area contributed by atoms with Crippen molar-refractivity contribution in [1.82, 2.24) is 15.3 Å². The van der Waals surface area contributed by atoms with Crippen LogP contribution >= 0.6 is 11.6 Å². The Bertz CT molecular complexity index is 815. The number of nitrogens with zero attached hydrogens (tertiary/aromatic N) is 2. The van der Waals surface area contributed by atoms with Crippen molar-refractivity contribution in [1.29, 1.82) is 0 Å². The summed E-state index contributed by atoms with van der Waals surface area (Å²) in [5.41, 5.74) is 2.02. The van der Waals surface area contributed by atoms with Crippen molar-refractivity contribution >= 4 is 28.3 Å². The van der Waals surface area contributed by atoms with Crippen LogP contribution in [0.2, 0.25) is 5.02 Å². The molecule has 0 bridgehead atoms. The summed E-state index contributed by atoms with van der Waals surface area (Å²) in [6.45, 7) is 0. The van der Waals surface area contributed by atoms with E-state index in [0.29, 0.717) is 10.7 Å². The molecule has 0 aliphatic rings. The number of nitrogens with one attached hydrogen (secondary N) is 1. The molecule has 21 heavy (non-hydrogen) atoms. The topological polar surface area (TPSA) is 54.9 Å². The Labute approximate surface area is 126 Å². The van der Waals surface area contributed by atoms with Crippen LogP contribution in [0, 0.1) is 0 Å². The number of amides is 1. The smallest absolute Gasteiger partial charge is 0.269 e. The summed E-state index contributed by atoms with van der Waals surface area (Å²) in [6, 6.07) is 11.2. The van der Waals surface area contributed by atoms with Gasteiger partial charge in [-0.1, -0.05) is 23.7 Å². The molecule has 0 saturated carbocycles. The van der Waals surface area contributed by atoms with Gasteiger partial charge in [-0.25, -0.2) is 0 Å². The van der Waals surface area contributed by atoms with E-state index in [1.54, 1.807) is 25.5 Å². The normalized spacial score (nSPS) is 10.6. The lowest BCUT2D eigenvalue weighted by Crippen LogP contribution is -2.18. The van der Waals surface area contributed by atoms with Crippen LogP contribution in [-0.4, -0.2) is 22.9 Å². The van der Waals surface area contributed by atoms with Crippen LogP contribution < -0.4 is 5.32 Å². The third-order valence-corrected chi connectivity index (χ3v) is 3.56. The molecule has 0 spiro atoms. The minimum Gasteiger partial charge on any atom is -0.354 e. The van der Waals surface area contributed by atoms with Gasteiger partial charge in [0, 0.05) is 35.4 Å². The van der Waals surface area contributed by atoms with Crippen molar-refractivity contribution in [2.45, 2.75) is 0 Å². The van der Waals surface area contributed by atoms with Gasteiger partial charge in [-0.15, -0.1) is 0 Å². The average Bonchev–Trinajstić information content (AvgIpc) is 2.54. The van der Waals surface area contributed by atoms with Crippen molar-refractivity contribution in [3.05, 3.63) is 59.5 Å². The van der Waals surface area contributed by atoms with Gasteiger partial charge in [-0.3, -0.25) is 14.8 Å². The Morgan fingerprint density at radius 2 is 2.00 bits per heavy atom. The Hall–Kier alpha value is -2.46. The molecule has 0 atom stereocenters. The Balaban J connectivity index is 2.02. The Kier molecular flexibility index (Phi) is 3.54. The Morgan fingerprint density at radius 1 is 1.14 bits per heavy atom. The monoisotopic (exact) mass is 297 g/mol. The standard InChI is InChI=1S/C16H12ClN3O/c1-18-16(21)14-6-5-11(8-19-14)15-7-10-3-2-4-13(17)12(10)9-20-15/h2-9H,1H3,(H,18,21). The minimum absolute atomic E-state index is 0.209. The van der Waals surface area contributed by atoms with Crippen LogP contribution in [-0.2, 0) is 0 Å². The molecule has 1 aromatic carbocycles. The number of pyridine rings is 2. The summed E-state index contributed by atoms with van der Waals surface area (Å²) in [4.78, 5) is 20.0. The van der Waals surface area contributed by atoms with Crippen molar-refractivity contribution in [3.8, 4) is 11.3 Å². The molecule has 4 nitrogen and oxygen atoms in total. The van der Waals surface area contributed by atoms with E-state index in [9.17, 15) is 4.79 Å². The van der Waals surface area contributed by atoms with Crippen molar-refractivity contribution in [2.24, 2.45) is 0 Å². The van der Waals surface area contributed by atoms with Gasteiger partial charge < -0.3 is 5.32 Å². The zero-order valence-electron chi connectivity index (χ0n) is 11.3. The van der Waals surface area contributed by atoms with Gasteiger partial charge in [0.05, 0.1) is 5.69 Å². The van der Waals surface area contributed by atoms with Crippen LogP contribution in [0.5, 0.6) is 0 Å². The summed E-state index contributed by atoms with van der Waals surface area (Å²) >= 11 is 6.13.